The van der Waals surface area contributed by atoms with Gasteiger partial charge in [-0.15, -0.1) is 0 Å². The van der Waals surface area contributed by atoms with Gasteiger partial charge in [0.05, 0.1) is 4.90 Å². The molecule has 0 saturated carbocycles. The van der Waals surface area contributed by atoms with Crippen molar-refractivity contribution in [3.8, 4) is 0 Å². The third kappa shape index (κ3) is 3.91. The molecule has 1 fully saturated rings. The number of fused-ring (bicyclic) bond motifs is 1. The van der Waals surface area contributed by atoms with E-state index in [0.29, 0.717) is 30.1 Å². The van der Waals surface area contributed by atoms with Gasteiger partial charge in [-0.2, -0.15) is 4.31 Å². The fourth-order valence-electron chi connectivity index (χ4n) is 4.29. The van der Waals surface area contributed by atoms with Crippen LogP contribution in [-0.4, -0.2) is 38.3 Å². The van der Waals surface area contributed by atoms with Crippen LogP contribution in [0.4, 0.5) is 5.69 Å². The maximum Gasteiger partial charge on any atom is 0.258 e. The molecule has 4 rings (SSSR count). The maximum absolute atomic E-state index is 13.2. The number of carbonyl (C=O) groups is 1. The monoisotopic (exact) mass is 426 g/mol. The van der Waals surface area contributed by atoms with Crippen molar-refractivity contribution in [2.45, 2.75) is 56.8 Å². The number of hydrogen-bond acceptors (Lipinski definition) is 3. The first-order valence-electron chi connectivity index (χ1n) is 10.7. The lowest BCUT2D eigenvalue weighted by molar-refractivity contribution is 0.0985. The van der Waals surface area contributed by atoms with Gasteiger partial charge in [0.1, 0.15) is 0 Å². The van der Waals surface area contributed by atoms with E-state index >= 15 is 0 Å². The average Bonchev–Trinajstić information content (AvgIpc) is 3.28. The second kappa shape index (κ2) is 7.82. The highest BCUT2D eigenvalue weighted by molar-refractivity contribution is 7.89. The van der Waals surface area contributed by atoms with Crippen molar-refractivity contribution in [2.24, 2.45) is 0 Å². The summed E-state index contributed by atoms with van der Waals surface area (Å²) in [5.41, 5.74) is 3.64. The lowest BCUT2D eigenvalue weighted by atomic mass is 9.86. The Bertz CT molecular complexity index is 1050. The molecule has 30 heavy (non-hydrogen) atoms. The lowest BCUT2D eigenvalue weighted by Gasteiger charge is -2.30. The third-order valence-corrected chi connectivity index (χ3v) is 8.01. The summed E-state index contributed by atoms with van der Waals surface area (Å²) in [5.74, 6) is -0.0356. The molecule has 0 N–H and O–H groups in total. The normalized spacial score (nSPS) is 17.8. The molecule has 160 valence electrons. The molecule has 2 aromatic rings. The molecule has 0 atom stereocenters. The van der Waals surface area contributed by atoms with Crippen molar-refractivity contribution in [1.29, 1.82) is 0 Å². The van der Waals surface area contributed by atoms with Crippen molar-refractivity contribution in [2.75, 3.05) is 24.5 Å². The van der Waals surface area contributed by atoms with Crippen LogP contribution in [-0.2, 0) is 21.9 Å². The highest BCUT2D eigenvalue weighted by atomic mass is 32.2. The van der Waals surface area contributed by atoms with Gasteiger partial charge in [-0.25, -0.2) is 8.42 Å². The second-order valence-corrected chi connectivity index (χ2v) is 11.2. The largest absolute Gasteiger partial charge is 0.308 e. The van der Waals surface area contributed by atoms with Gasteiger partial charge in [0, 0.05) is 30.9 Å². The molecule has 0 bridgehead atoms. The van der Waals surface area contributed by atoms with Gasteiger partial charge >= 0.3 is 0 Å². The van der Waals surface area contributed by atoms with E-state index in [-0.39, 0.29) is 11.3 Å². The summed E-state index contributed by atoms with van der Waals surface area (Å²) >= 11 is 0. The van der Waals surface area contributed by atoms with E-state index < -0.39 is 10.0 Å². The topological polar surface area (TPSA) is 57.7 Å². The van der Waals surface area contributed by atoms with E-state index in [1.165, 1.54) is 5.56 Å². The Kier molecular flexibility index (Phi) is 5.49. The molecule has 5 nitrogen and oxygen atoms in total. The SMILES string of the molecule is CC(C)(C)c1ccc(C(=O)N2CCCc3cc(S(=O)(=O)N4CCCC4)ccc32)cc1. The Morgan fingerprint density at radius 3 is 2.20 bits per heavy atom. The minimum absolute atomic E-state index is 0.0356. The summed E-state index contributed by atoms with van der Waals surface area (Å²) < 4.78 is 27.4. The van der Waals surface area contributed by atoms with E-state index in [2.05, 4.69) is 20.8 Å². The molecular weight excluding hydrogens is 396 g/mol. The number of sulfonamides is 1. The summed E-state index contributed by atoms with van der Waals surface area (Å²) in [6.07, 6.45) is 3.44. The molecule has 6 heteroatoms. The fraction of sp³-hybridized carbons (Fsp3) is 0.458. The molecule has 2 aliphatic rings. The van der Waals surface area contributed by atoms with E-state index in [9.17, 15) is 13.2 Å². The number of nitrogens with zero attached hydrogens (tertiary/aromatic N) is 2. The van der Waals surface area contributed by atoms with E-state index in [1.807, 2.05) is 24.3 Å². The zero-order valence-electron chi connectivity index (χ0n) is 18.0. The Balaban J connectivity index is 1.62. The molecular formula is C24H30N2O3S. The van der Waals surface area contributed by atoms with E-state index in [0.717, 1.165) is 36.9 Å². The van der Waals surface area contributed by atoms with Gasteiger partial charge in [0.2, 0.25) is 10.0 Å². The van der Waals surface area contributed by atoms with Crippen molar-refractivity contribution in [1.82, 2.24) is 4.31 Å². The molecule has 2 aromatic carbocycles. The van der Waals surface area contributed by atoms with Gasteiger partial charge in [-0.05, 0) is 72.6 Å². The van der Waals surface area contributed by atoms with Crippen LogP contribution >= 0.6 is 0 Å². The number of hydrogen-bond donors (Lipinski definition) is 0. The highest BCUT2D eigenvalue weighted by Crippen LogP contribution is 2.32. The Hall–Kier alpha value is -2.18. The smallest absolute Gasteiger partial charge is 0.258 e. The third-order valence-electron chi connectivity index (χ3n) is 6.12. The molecule has 2 heterocycles. The quantitative estimate of drug-likeness (QED) is 0.733. The van der Waals surface area contributed by atoms with Crippen LogP contribution in [0.1, 0.15) is 61.5 Å². The van der Waals surface area contributed by atoms with Crippen LogP contribution in [0.15, 0.2) is 47.4 Å². The van der Waals surface area contributed by atoms with Gasteiger partial charge in [0.25, 0.3) is 5.91 Å². The minimum Gasteiger partial charge on any atom is -0.308 e. The first kappa shape index (κ1) is 21.1. The summed E-state index contributed by atoms with van der Waals surface area (Å²) in [7, 11) is -3.45. The predicted molar refractivity (Wildman–Crippen MR) is 120 cm³/mol. The second-order valence-electron chi connectivity index (χ2n) is 9.29. The van der Waals surface area contributed by atoms with Gasteiger partial charge in [-0.3, -0.25) is 4.79 Å². The number of amides is 1. The molecule has 0 unspecified atom stereocenters. The first-order chi connectivity index (χ1) is 14.2. The Morgan fingerprint density at radius 1 is 0.900 bits per heavy atom. The lowest BCUT2D eigenvalue weighted by Crippen LogP contribution is -2.36. The molecule has 1 saturated heterocycles. The van der Waals surface area contributed by atoms with Crippen LogP contribution in [0.3, 0.4) is 0 Å². The van der Waals surface area contributed by atoms with Crippen LogP contribution in [0.25, 0.3) is 0 Å². The van der Waals surface area contributed by atoms with Crippen molar-refractivity contribution in [3.63, 3.8) is 0 Å². The number of anilines is 1. The Morgan fingerprint density at radius 2 is 1.57 bits per heavy atom. The van der Waals surface area contributed by atoms with Gasteiger partial charge < -0.3 is 4.90 Å². The fourth-order valence-corrected chi connectivity index (χ4v) is 5.86. The summed E-state index contributed by atoms with van der Waals surface area (Å²) in [6, 6.07) is 13.0. The van der Waals surface area contributed by atoms with Crippen LogP contribution in [0.5, 0.6) is 0 Å². The minimum atomic E-state index is -3.45. The molecule has 1 amide bonds. The standard InChI is InChI=1S/C24H30N2O3S/c1-24(2,3)20-10-8-18(9-11-20)23(27)26-16-6-7-19-17-21(12-13-22(19)26)30(28,29)25-14-4-5-15-25/h8-13,17H,4-7,14-16H2,1-3H3. The number of aryl methyl sites for hydroxylation is 1. The zero-order valence-corrected chi connectivity index (χ0v) is 18.8. The van der Waals surface area contributed by atoms with Gasteiger partial charge in [-0.1, -0.05) is 32.9 Å². The van der Waals surface area contributed by atoms with Crippen molar-refractivity contribution < 1.29 is 13.2 Å². The molecule has 0 radical (unpaired) electrons. The molecule has 2 aliphatic heterocycles. The number of carbonyl (C=O) groups excluding carboxylic acids is 1. The van der Waals surface area contributed by atoms with Crippen LogP contribution < -0.4 is 4.90 Å². The number of benzene rings is 2. The average molecular weight is 427 g/mol. The van der Waals surface area contributed by atoms with E-state index in [4.69, 9.17) is 0 Å². The number of rotatable bonds is 3. The summed E-state index contributed by atoms with van der Waals surface area (Å²) in [4.78, 5) is 15.3. The summed E-state index contributed by atoms with van der Waals surface area (Å²) in [6.45, 7) is 8.28. The Labute approximate surface area is 179 Å². The van der Waals surface area contributed by atoms with Crippen LogP contribution in [0.2, 0.25) is 0 Å². The van der Waals surface area contributed by atoms with Crippen LogP contribution in [0, 0.1) is 0 Å². The molecule has 0 aliphatic carbocycles. The first-order valence-corrected chi connectivity index (χ1v) is 12.2. The highest BCUT2D eigenvalue weighted by Gasteiger charge is 2.30. The van der Waals surface area contributed by atoms with Crippen molar-refractivity contribution in [3.05, 3.63) is 59.2 Å². The van der Waals surface area contributed by atoms with Gasteiger partial charge in [0.15, 0.2) is 0 Å². The molecule has 0 spiro atoms. The predicted octanol–water partition coefficient (Wildman–Crippen LogP) is 4.36. The molecule has 0 aromatic heterocycles. The van der Waals surface area contributed by atoms with Crippen molar-refractivity contribution >= 4 is 21.6 Å². The maximum atomic E-state index is 13.2. The summed E-state index contributed by atoms with van der Waals surface area (Å²) in [5, 5.41) is 0. The van der Waals surface area contributed by atoms with E-state index in [1.54, 1.807) is 27.4 Å². The zero-order chi connectivity index (χ0) is 21.5.